The molecule has 1 aromatic carbocycles. The summed E-state index contributed by atoms with van der Waals surface area (Å²) in [6.07, 6.45) is 0.350. The van der Waals surface area contributed by atoms with E-state index in [9.17, 15) is 4.39 Å². The molecule has 0 spiro atoms. The van der Waals surface area contributed by atoms with Crippen molar-refractivity contribution in [2.24, 2.45) is 0 Å². The minimum atomic E-state index is -0.379. The van der Waals surface area contributed by atoms with E-state index in [-0.39, 0.29) is 12.4 Å². The molecule has 0 atom stereocenters. The summed E-state index contributed by atoms with van der Waals surface area (Å²) < 4.78 is 13.4. The van der Waals surface area contributed by atoms with Crippen LogP contribution in [0.3, 0.4) is 0 Å². The van der Waals surface area contributed by atoms with E-state index in [0.29, 0.717) is 23.2 Å². The number of halogens is 1. The molecule has 3 heteroatoms. The second-order valence-corrected chi connectivity index (χ2v) is 2.92. The van der Waals surface area contributed by atoms with Gasteiger partial charge in [0.05, 0.1) is 12.2 Å². The summed E-state index contributed by atoms with van der Waals surface area (Å²) in [5.74, 6) is 4.92. The van der Waals surface area contributed by atoms with Crippen LogP contribution in [0.5, 0.6) is 0 Å². The molecule has 0 saturated carbocycles. The second kappa shape index (κ2) is 4.64. The lowest BCUT2D eigenvalue weighted by Crippen LogP contribution is -1.95. The summed E-state index contributed by atoms with van der Waals surface area (Å²) in [5, 5.41) is 8.50. The van der Waals surface area contributed by atoms with Gasteiger partial charge in [-0.15, -0.1) is 0 Å². The van der Waals surface area contributed by atoms with Crippen molar-refractivity contribution in [3.8, 4) is 11.8 Å². The topological polar surface area (TPSA) is 46.2 Å². The average Bonchev–Trinajstić information content (AvgIpc) is 2.18. The summed E-state index contributed by atoms with van der Waals surface area (Å²) in [5.41, 5.74) is 6.68. The highest BCUT2D eigenvalue weighted by Crippen LogP contribution is 2.17. The van der Waals surface area contributed by atoms with Crippen LogP contribution >= 0.6 is 0 Å². The molecule has 74 valence electrons. The average molecular weight is 193 g/mol. The largest absolute Gasteiger partial charge is 0.398 e. The van der Waals surface area contributed by atoms with Crippen LogP contribution in [0, 0.1) is 24.6 Å². The monoisotopic (exact) mass is 193 g/mol. The standard InChI is InChI=1S/C11H12FNO/c1-8-10(13)6-5-9(11(8)12)4-2-3-7-14/h5-6,14H,3,7,13H2,1H3. The molecule has 0 fully saturated rings. The molecule has 0 aliphatic rings. The summed E-state index contributed by atoms with van der Waals surface area (Å²) in [6.45, 7) is 1.60. The normalized spacial score (nSPS) is 9.36. The number of rotatable bonds is 1. The van der Waals surface area contributed by atoms with Crippen molar-refractivity contribution in [2.75, 3.05) is 12.3 Å². The molecule has 14 heavy (non-hydrogen) atoms. The fourth-order valence-electron chi connectivity index (χ4n) is 1.01. The predicted molar refractivity (Wildman–Crippen MR) is 54.1 cm³/mol. The van der Waals surface area contributed by atoms with Crippen molar-refractivity contribution < 1.29 is 9.50 Å². The van der Waals surface area contributed by atoms with Gasteiger partial charge in [-0.2, -0.15) is 0 Å². The first-order valence-corrected chi connectivity index (χ1v) is 4.31. The molecule has 0 aliphatic carbocycles. The zero-order valence-corrected chi connectivity index (χ0v) is 7.97. The van der Waals surface area contributed by atoms with Gasteiger partial charge in [0.2, 0.25) is 0 Å². The van der Waals surface area contributed by atoms with E-state index in [2.05, 4.69) is 11.8 Å². The third-order valence-electron chi connectivity index (χ3n) is 1.89. The molecule has 0 unspecified atom stereocenters. The van der Waals surface area contributed by atoms with Gasteiger partial charge in [-0.05, 0) is 19.1 Å². The van der Waals surface area contributed by atoms with Crippen LogP contribution in [0.1, 0.15) is 17.5 Å². The first-order valence-electron chi connectivity index (χ1n) is 4.31. The maximum Gasteiger partial charge on any atom is 0.143 e. The number of aliphatic hydroxyl groups is 1. The maximum atomic E-state index is 13.4. The highest BCUT2D eigenvalue weighted by Gasteiger charge is 2.05. The molecule has 3 N–H and O–H groups in total. The first-order chi connectivity index (χ1) is 6.66. The molecule has 2 nitrogen and oxygen atoms in total. The fourth-order valence-corrected chi connectivity index (χ4v) is 1.01. The van der Waals surface area contributed by atoms with E-state index in [1.165, 1.54) is 0 Å². The smallest absolute Gasteiger partial charge is 0.143 e. The Morgan fingerprint density at radius 2 is 2.21 bits per heavy atom. The van der Waals surface area contributed by atoms with E-state index in [4.69, 9.17) is 10.8 Å². The second-order valence-electron chi connectivity index (χ2n) is 2.92. The lowest BCUT2D eigenvalue weighted by atomic mass is 10.1. The van der Waals surface area contributed by atoms with Crippen molar-refractivity contribution >= 4 is 5.69 Å². The summed E-state index contributed by atoms with van der Waals surface area (Å²) in [4.78, 5) is 0. The maximum absolute atomic E-state index is 13.4. The van der Waals surface area contributed by atoms with E-state index < -0.39 is 0 Å². The molecular formula is C11H12FNO. The zero-order valence-electron chi connectivity index (χ0n) is 7.97. The SMILES string of the molecule is Cc1c(N)ccc(C#CCCO)c1F. The Bertz CT molecular complexity index is 390. The molecule has 0 radical (unpaired) electrons. The van der Waals surface area contributed by atoms with E-state index in [0.717, 1.165) is 0 Å². The zero-order chi connectivity index (χ0) is 10.6. The van der Waals surface area contributed by atoms with Crippen LogP contribution in [0.25, 0.3) is 0 Å². The molecule has 1 rings (SSSR count). The fraction of sp³-hybridized carbons (Fsp3) is 0.273. The van der Waals surface area contributed by atoms with E-state index in [1.807, 2.05) is 0 Å². The van der Waals surface area contributed by atoms with Crippen molar-refractivity contribution in [3.05, 3.63) is 29.1 Å². The number of hydrogen-bond donors (Lipinski definition) is 2. The van der Waals surface area contributed by atoms with Gasteiger partial charge in [0.25, 0.3) is 0 Å². The molecule has 1 aromatic rings. The van der Waals surface area contributed by atoms with E-state index >= 15 is 0 Å². The molecule has 0 bridgehead atoms. The summed E-state index contributed by atoms with van der Waals surface area (Å²) in [6, 6.07) is 3.17. The summed E-state index contributed by atoms with van der Waals surface area (Å²) in [7, 11) is 0. The van der Waals surface area contributed by atoms with Gasteiger partial charge in [-0.3, -0.25) is 0 Å². The Balaban J connectivity index is 3.02. The van der Waals surface area contributed by atoms with Gasteiger partial charge < -0.3 is 10.8 Å². The third-order valence-corrected chi connectivity index (χ3v) is 1.89. The van der Waals surface area contributed by atoms with Gasteiger partial charge in [0.1, 0.15) is 5.82 Å². The molecule has 0 aromatic heterocycles. The Hall–Kier alpha value is -1.53. The van der Waals surface area contributed by atoms with Gasteiger partial charge in [0, 0.05) is 17.7 Å². The third kappa shape index (κ3) is 2.24. The van der Waals surface area contributed by atoms with Crippen LogP contribution < -0.4 is 5.73 Å². The highest BCUT2D eigenvalue weighted by atomic mass is 19.1. The lowest BCUT2D eigenvalue weighted by molar-refractivity contribution is 0.305. The Morgan fingerprint density at radius 3 is 2.86 bits per heavy atom. The van der Waals surface area contributed by atoms with Gasteiger partial charge in [-0.1, -0.05) is 11.8 Å². The van der Waals surface area contributed by atoms with Crippen LogP contribution in [-0.4, -0.2) is 11.7 Å². The number of hydrogen-bond acceptors (Lipinski definition) is 2. The number of anilines is 1. The van der Waals surface area contributed by atoms with Crippen LogP contribution in [0.15, 0.2) is 12.1 Å². The minimum absolute atomic E-state index is 0.0113. The Labute approximate surface area is 82.6 Å². The number of benzene rings is 1. The number of aliphatic hydroxyl groups excluding tert-OH is 1. The van der Waals surface area contributed by atoms with Crippen LogP contribution in [0.4, 0.5) is 10.1 Å². The van der Waals surface area contributed by atoms with Gasteiger partial charge >= 0.3 is 0 Å². The molecule has 0 saturated heterocycles. The molecule has 0 heterocycles. The highest BCUT2D eigenvalue weighted by molar-refractivity contribution is 5.52. The Kier molecular flexibility index (Phi) is 3.49. The quantitative estimate of drug-likeness (QED) is 0.523. The van der Waals surface area contributed by atoms with E-state index in [1.54, 1.807) is 19.1 Å². The van der Waals surface area contributed by atoms with Crippen molar-refractivity contribution in [1.82, 2.24) is 0 Å². The Morgan fingerprint density at radius 1 is 1.50 bits per heavy atom. The van der Waals surface area contributed by atoms with Gasteiger partial charge in [-0.25, -0.2) is 4.39 Å². The lowest BCUT2D eigenvalue weighted by Gasteiger charge is -2.02. The van der Waals surface area contributed by atoms with Crippen molar-refractivity contribution in [2.45, 2.75) is 13.3 Å². The van der Waals surface area contributed by atoms with Gasteiger partial charge in [0.15, 0.2) is 0 Å². The van der Waals surface area contributed by atoms with Crippen molar-refractivity contribution in [3.63, 3.8) is 0 Å². The van der Waals surface area contributed by atoms with Crippen molar-refractivity contribution in [1.29, 1.82) is 0 Å². The molecule has 0 amide bonds. The molecule has 0 aliphatic heterocycles. The van der Waals surface area contributed by atoms with Crippen LogP contribution in [-0.2, 0) is 0 Å². The number of nitrogens with two attached hydrogens (primary N) is 1. The summed E-state index contributed by atoms with van der Waals surface area (Å²) >= 11 is 0. The minimum Gasteiger partial charge on any atom is -0.398 e. The molecular weight excluding hydrogens is 181 g/mol. The predicted octanol–water partition coefficient (Wildman–Crippen LogP) is 1.45. The number of nitrogen functional groups attached to an aromatic ring is 1. The van der Waals surface area contributed by atoms with Crippen LogP contribution in [0.2, 0.25) is 0 Å². The first kappa shape index (κ1) is 10.6.